The molecule has 0 saturated carbocycles. The van der Waals surface area contributed by atoms with Crippen LogP contribution in [0.5, 0.6) is 0 Å². The van der Waals surface area contributed by atoms with Crippen molar-refractivity contribution in [2.24, 2.45) is 0 Å². The minimum Gasteiger partial charge on any atom is -0.334 e. The molecule has 0 saturated heterocycles. The van der Waals surface area contributed by atoms with Crippen LogP contribution in [0.3, 0.4) is 0 Å². The van der Waals surface area contributed by atoms with Crippen LogP contribution in [0, 0.1) is 0 Å². The molecular formula is C15H14N6. The molecule has 104 valence electrons. The molecule has 21 heavy (non-hydrogen) atoms. The van der Waals surface area contributed by atoms with Gasteiger partial charge in [0.2, 0.25) is 0 Å². The molecule has 0 aliphatic heterocycles. The zero-order valence-electron chi connectivity index (χ0n) is 11.6. The van der Waals surface area contributed by atoms with Gasteiger partial charge in [-0.15, -0.1) is 0 Å². The number of aryl methyl sites for hydroxylation is 1. The van der Waals surface area contributed by atoms with Gasteiger partial charge in [0.1, 0.15) is 11.3 Å². The SMILES string of the molecule is CCn1ncc2[nH]c(-c3cccn3-c3ccccn3)nc21. The molecule has 4 heterocycles. The van der Waals surface area contributed by atoms with Crippen LogP contribution in [-0.2, 0) is 6.54 Å². The van der Waals surface area contributed by atoms with E-state index >= 15 is 0 Å². The Bertz CT molecular complexity index is 883. The Labute approximate surface area is 121 Å². The van der Waals surface area contributed by atoms with Gasteiger partial charge in [-0.3, -0.25) is 4.57 Å². The predicted octanol–water partition coefficient (Wildman–Crippen LogP) is 2.63. The Morgan fingerprint density at radius 3 is 2.95 bits per heavy atom. The van der Waals surface area contributed by atoms with Crippen molar-refractivity contribution in [3.05, 3.63) is 48.9 Å². The average molecular weight is 278 g/mol. The molecule has 0 atom stereocenters. The molecular weight excluding hydrogens is 264 g/mol. The molecule has 0 bridgehead atoms. The molecule has 0 aromatic carbocycles. The summed E-state index contributed by atoms with van der Waals surface area (Å²) in [5.74, 6) is 1.69. The number of imidazole rings is 1. The highest BCUT2D eigenvalue weighted by atomic mass is 15.3. The van der Waals surface area contributed by atoms with E-state index < -0.39 is 0 Å². The van der Waals surface area contributed by atoms with Crippen molar-refractivity contribution in [2.75, 3.05) is 0 Å². The Morgan fingerprint density at radius 2 is 2.14 bits per heavy atom. The molecule has 0 aliphatic rings. The first-order valence-electron chi connectivity index (χ1n) is 6.87. The van der Waals surface area contributed by atoms with Gasteiger partial charge in [-0.1, -0.05) is 6.07 Å². The van der Waals surface area contributed by atoms with Crippen molar-refractivity contribution in [3.8, 4) is 17.3 Å². The summed E-state index contributed by atoms with van der Waals surface area (Å²) in [4.78, 5) is 12.4. The maximum absolute atomic E-state index is 4.67. The summed E-state index contributed by atoms with van der Waals surface area (Å²) >= 11 is 0. The normalized spacial score (nSPS) is 11.3. The number of nitrogens with one attached hydrogen (secondary N) is 1. The highest BCUT2D eigenvalue weighted by Crippen LogP contribution is 2.23. The number of pyridine rings is 1. The zero-order valence-corrected chi connectivity index (χ0v) is 11.6. The van der Waals surface area contributed by atoms with Crippen LogP contribution in [0.15, 0.2) is 48.9 Å². The summed E-state index contributed by atoms with van der Waals surface area (Å²) in [7, 11) is 0. The van der Waals surface area contributed by atoms with Crippen molar-refractivity contribution in [1.82, 2.24) is 29.3 Å². The summed E-state index contributed by atoms with van der Waals surface area (Å²) in [6.07, 6.45) is 5.58. The Kier molecular flexibility index (Phi) is 2.60. The third-order valence-corrected chi connectivity index (χ3v) is 3.47. The van der Waals surface area contributed by atoms with Crippen molar-refractivity contribution < 1.29 is 0 Å². The summed E-state index contributed by atoms with van der Waals surface area (Å²) in [5, 5.41) is 4.28. The summed E-state index contributed by atoms with van der Waals surface area (Å²) in [6, 6.07) is 9.86. The second-order valence-corrected chi connectivity index (χ2v) is 4.73. The molecule has 0 spiro atoms. The molecule has 4 aromatic rings. The van der Waals surface area contributed by atoms with E-state index in [4.69, 9.17) is 0 Å². The van der Waals surface area contributed by atoms with Crippen molar-refractivity contribution >= 4 is 11.2 Å². The zero-order chi connectivity index (χ0) is 14.2. The highest BCUT2D eigenvalue weighted by molar-refractivity contribution is 5.75. The van der Waals surface area contributed by atoms with Crippen molar-refractivity contribution in [2.45, 2.75) is 13.5 Å². The van der Waals surface area contributed by atoms with E-state index in [0.29, 0.717) is 0 Å². The lowest BCUT2D eigenvalue weighted by molar-refractivity contribution is 0.677. The van der Waals surface area contributed by atoms with Gasteiger partial charge < -0.3 is 4.98 Å². The fourth-order valence-corrected chi connectivity index (χ4v) is 2.47. The number of aromatic amines is 1. The number of hydrogen-bond donors (Lipinski definition) is 1. The lowest BCUT2D eigenvalue weighted by atomic mass is 10.4. The Morgan fingerprint density at radius 1 is 1.19 bits per heavy atom. The quantitative estimate of drug-likeness (QED) is 0.626. The van der Waals surface area contributed by atoms with E-state index in [9.17, 15) is 0 Å². The molecule has 6 nitrogen and oxygen atoms in total. The second kappa shape index (κ2) is 4.59. The van der Waals surface area contributed by atoms with Crippen LogP contribution in [0.25, 0.3) is 28.5 Å². The van der Waals surface area contributed by atoms with E-state index in [1.165, 1.54) is 0 Å². The van der Waals surface area contributed by atoms with Crippen LogP contribution in [0.4, 0.5) is 0 Å². The number of rotatable bonds is 3. The number of nitrogens with zero attached hydrogens (tertiary/aromatic N) is 5. The predicted molar refractivity (Wildman–Crippen MR) is 80.1 cm³/mol. The molecule has 0 amide bonds. The first-order chi connectivity index (χ1) is 10.4. The van der Waals surface area contributed by atoms with Crippen LogP contribution in [0.1, 0.15) is 6.92 Å². The van der Waals surface area contributed by atoms with Gasteiger partial charge in [-0.2, -0.15) is 5.10 Å². The van der Waals surface area contributed by atoms with E-state index in [2.05, 4.69) is 27.0 Å². The summed E-state index contributed by atoms with van der Waals surface area (Å²) in [5.41, 5.74) is 2.80. The van der Waals surface area contributed by atoms with Crippen LogP contribution in [0.2, 0.25) is 0 Å². The lowest BCUT2D eigenvalue weighted by Crippen LogP contribution is -1.99. The smallest absolute Gasteiger partial charge is 0.176 e. The van der Waals surface area contributed by atoms with Gasteiger partial charge in [-0.05, 0) is 31.2 Å². The van der Waals surface area contributed by atoms with Crippen molar-refractivity contribution in [1.29, 1.82) is 0 Å². The number of fused-ring (bicyclic) bond motifs is 1. The highest BCUT2D eigenvalue weighted by Gasteiger charge is 2.13. The summed E-state index contributed by atoms with van der Waals surface area (Å²) in [6.45, 7) is 2.85. The first-order valence-corrected chi connectivity index (χ1v) is 6.87. The third kappa shape index (κ3) is 1.84. The van der Waals surface area contributed by atoms with Gasteiger partial charge in [0.25, 0.3) is 0 Å². The maximum atomic E-state index is 4.67. The van der Waals surface area contributed by atoms with E-state index in [-0.39, 0.29) is 0 Å². The minimum atomic E-state index is 0.801. The average Bonchev–Trinajstić information content (AvgIpc) is 3.22. The standard InChI is InChI=1S/C15H14N6/c1-2-21-15-11(10-17-21)18-14(19-15)12-6-5-9-20(12)13-7-3-4-8-16-13/h3-10H,2H2,1H3,(H,18,19). The minimum absolute atomic E-state index is 0.801. The van der Waals surface area contributed by atoms with Gasteiger partial charge >= 0.3 is 0 Å². The number of hydrogen-bond acceptors (Lipinski definition) is 3. The second-order valence-electron chi connectivity index (χ2n) is 4.73. The monoisotopic (exact) mass is 278 g/mol. The van der Waals surface area contributed by atoms with E-state index in [1.54, 1.807) is 6.20 Å². The Hall–Kier alpha value is -2.89. The fraction of sp³-hybridized carbons (Fsp3) is 0.133. The molecule has 0 aliphatic carbocycles. The first kappa shape index (κ1) is 11.9. The molecule has 4 rings (SSSR count). The fourth-order valence-electron chi connectivity index (χ4n) is 2.47. The topological polar surface area (TPSA) is 64.3 Å². The van der Waals surface area contributed by atoms with Gasteiger partial charge in [0.15, 0.2) is 11.5 Å². The van der Waals surface area contributed by atoms with E-state index in [0.717, 1.165) is 35.0 Å². The van der Waals surface area contributed by atoms with Crippen LogP contribution >= 0.6 is 0 Å². The molecule has 0 fully saturated rings. The molecule has 4 aromatic heterocycles. The summed E-state index contributed by atoms with van der Waals surface area (Å²) < 4.78 is 3.89. The third-order valence-electron chi connectivity index (χ3n) is 3.47. The van der Waals surface area contributed by atoms with Crippen LogP contribution in [-0.4, -0.2) is 29.3 Å². The van der Waals surface area contributed by atoms with Gasteiger partial charge in [0, 0.05) is 18.9 Å². The number of H-pyrrole nitrogens is 1. The largest absolute Gasteiger partial charge is 0.334 e. The van der Waals surface area contributed by atoms with Gasteiger partial charge in [0.05, 0.1) is 11.9 Å². The number of aromatic nitrogens is 6. The van der Waals surface area contributed by atoms with E-state index in [1.807, 2.05) is 52.0 Å². The molecule has 1 N–H and O–H groups in total. The molecule has 0 unspecified atom stereocenters. The Balaban J connectivity index is 1.86. The van der Waals surface area contributed by atoms with Crippen LogP contribution < -0.4 is 0 Å². The van der Waals surface area contributed by atoms with Crippen molar-refractivity contribution in [3.63, 3.8) is 0 Å². The lowest BCUT2D eigenvalue weighted by Gasteiger charge is -2.05. The molecule has 6 heteroatoms. The van der Waals surface area contributed by atoms with Gasteiger partial charge in [-0.25, -0.2) is 14.6 Å². The molecule has 0 radical (unpaired) electrons. The maximum Gasteiger partial charge on any atom is 0.176 e.